The van der Waals surface area contributed by atoms with Crippen LogP contribution in [0.1, 0.15) is 94.9 Å². The van der Waals surface area contributed by atoms with Crippen molar-refractivity contribution in [3.63, 3.8) is 0 Å². The minimum atomic E-state index is -2.41. The number of aliphatic carboxylic acids is 1. The molecule has 0 saturated carbocycles. The van der Waals surface area contributed by atoms with Gasteiger partial charge in [0, 0.05) is 6.54 Å². The minimum absolute atomic E-state index is 0.0423. The molecule has 0 aliphatic carbocycles. The molecule has 0 fully saturated rings. The molecule has 70 heavy (non-hydrogen) atoms. The van der Waals surface area contributed by atoms with Crippen LogP contribution in [0.15, 0.2) is 4.99 Å². The zero-order valence-corrected chi connectivity index (χ0v) is 41.4. The summed E-state index contributed by atoms with van der Waals surface area (Å²) >= 11 is 0. The van der Waals surface area contributed by atoms with Gasteiger partial charge in [-0.1, -0.05) is 48.0 Å². The van der Waals surface area contributed by atoms with Crippen LogP contribution in [0.3, 0.4) is 0 Å². The van der Waals surface area contributed by atoms with Crippen LogP contribution in [0.5, 0.6) is 0 Å². The summed E-state index contributed by atoms with van der Waals surface area (Å²) in [6.45, 7) is 12.7. The van der Waals surface area contributed by atoms with Gasteiger partial charge in [0.25, 0.3) is 5.91 Å². The zero-order chi connectivity index (χ0) is 54.7. The second kappa shape index (κ2) is 29.2. The molecule has 28 nitrogen and oxygen atoms in total. The van der Waals surface area contributed by atoms with Crippen LogP contribution in [0.25, 0.3) is 0 Å². The van der Waals surface area contributed by atoms with Gasteiger partial charge < -0.3 is 80.2 Å². The van der Waals surface area contributed by atoms with Gasteiger partial charge in [0.1, 0.15) is 41.9 Å². The lowest BCUT2D eigenvalue weighted by atomic mass is 9.96. The maximum Gasteiger partial charge on any atom is 0.417 e. The predicted molar refractivity (Wildman–Crippen MR) is 249 cm³/mol. The number of rotatable bonds is 28. The van der Waals surface area contributed by atoms with Crippen molar-refractivity contribution in [3.05, 3.63) is 0 Å². The number of aliphatic imine (C=N–C) groups is 1. The SMILES string of the molecule is CCC(C)[C@H](NC(=O)[C@@H](CCCN=C(N)N)NC(=O)[C@H](CC(C)C)N(C(=O)OC(C)(C)C)C(=O)[C@@H](N)[C@H](O)C(C)C)C(=O)N[C@H](C(=O)NCC(=O)N(C(=O)[C@@H](N)[C@H](O)C(N)=O)[C@@H](CO)C(=O)O)[C@H](C)O. The summed E-state index contributed by atoms with van der Waals surface area (Å²) in [6, 6.07) is -13.0. The van der Waals surface area contributed by atoms with Crippen molar-refractivity contribution in [2.75, 3.05) is 19.7 Å². The number of nitrogens with zero attached hydrogens (tertiary/aromatic N) is 3. The first-order valence-corrected chi connectivity index (χ1v) is 22.5. The fraction of sp³-hybridized carbons (Fsp3) is 0.738. The summed E-state index contributed by atoms with van der Waals surface area (Å²) in [5, 5.41) is 59.9. The molecule has 1 unspecified atom stereocenters. The molecular weight excluding hydrogens is 929 g/mol. The van der Waals surface area contributed by atoms with Crippen LogP contribution in [-0.4, -0.2) is 187 Å². The number of aliphatic hydroxyl groups excluding tert-OH is 4. The lowest BCUT2D eigenvalue weighted by molar-refractivity contribution is -0.161. The lowest BCUT2D eigenvalue weighted by Crippen LogP contribution is -2.63. The molecule has 19 N–H and O–H groups in total. The van der Waals surface area contributed by atoms with E-state index in [9.17, 15) is 73.5 Å². The fourth-order valence-electron chi connectivity index (χ4n) is 6.37. The summed E-state index contributed by atoms with van der Waals surface area (Å²) in [5.41, 5.74) is 26.4. The van der Waals surface area contributed by atoms with Gasteiger partial charge in [-0.3, -0.25) is 48.2 Å². The van der Waals surface area contributed by atoms with Crippen LogP contribution in [-0.2, 0) is 47.9 Å². The molecule has 400 valence electrons. The van der Waals surface area contributed by atoms with Crippen molar-refractivity contribution in [1.29, 1.82) is 0 Å². The van der Waals surface area contributed by atoms with Crippen molar-refractivity contribution in [3.8, 4) is 0 Å². The smallest absolute Gasteiger partial charge is 0.417 e. The Hall–Kier alpha value is -6.07. The van der Waals surface area contributed by atoms with Crippen molar-refractivity contribution in [1.82, 2.24) is 31.1 Å². The Morgan fingerprint density at radius 2 is 1.27 bits per heavy atom. The number of imide groups is 2. The average Bonchev–Trinajstić information content (AvgIpc) is 3.25. The number of hydrogen-bond donors (Lipinski definition) is 14. The Morgan fingerprint density at radius 3 is 1.71 bits per heavy atom. The summed E-state index contributed by atoms with van der Waals surface area (Å²) in [6.07, 6.45) is -7.01. The van der Waals surface area contributed by atoms with E-state index in [1.54, 1.807) is 34.6 Å². The number of guanidine groups is 1. The van der Waals surface area contributed by atoms with E-state index in [1.807, 2.05) is 5.32 Å². The van der Waals surface area contributed by atoms with E-state index in [2.05, 4.69) is 20.9 Å². The maximum absolute atomic E-state index is 14.4. The van der Waals surface area contributed by atoms with Crippen LogP contribution >= 0.6 is 0 Å². The fourth-order valence-corrected chi connectivity index (χ4v) is 6.37. The third-order valence-corrected chi connectivity index (χ3v) is 10.5. The Morgan fingerprint density at radius 1 is 0.729 bits per heavy atom. The first kappa shape index (κ1) is 63.9. The molecule has 0 saturated heterocycles. The summed E-state index contributed by atoms with van der Waals surface area (Å²) in [4.78, 5) is 138. The van der Waals surface area contributed by atoms with Gasteiger partial charge in [-0.2, -0.15) is 0 Å². The molecule has 28 heteroatoms. The number of carbonyl (C=O) groups excluding carboxylic acids is 9. The standard InChI is InChI=1S/C42H76N12O16/c1-11-20(6)28(36(64)52-29(21(7)56)35(63)49-16-25(57)53(24(17-55)39(67)68)37(65)27(44)31(59)32(45)60)51-33(61)22(13-12-14-48-40(46)47)50-34(62)23(15-18(2)3)54(41(69)70-42(8,9)10)38(66)26(43)30(58)19(4)5/h18-24,26-31,55-56,58-59H,11-17,43-44H2,1-10H3,(H2,45,60)(H,49,63)(H,50,62)(H,51,61)(H,52,64)(H,67,68)(H4,46,47,48)/t20?,21-,22+,23-,24-,26-,27-,28-,29-,30+,31-/m0/s1. The van der Waals surface area contributed by atoms with Crippen LogP contribution in [0, 0.1) is 17.8 Å². The first-order chi connectivity index (χ1) is 32.2. The number of aliphatic hydroxyl groups is 4. The van der Waals surface area contributed by atoms with Crippen molar-refractivity contribution >= 4 is 65.3 Å². The number of nitrogens with two attached hydrogens (primary N) is 5. The van der Waals surface area contributed by atoms with E-state index in [0.717, 1.165) is 6.92 Å². The minimum Gasteiger partial charge on any atom is -0.480 e. The van der Waals surface area contributed by atoms with Crippen LogP contribution < -0.4 is 49.9 Å². The number of hydrogen-bond acceptors (Lipinski definition) is 18. The van der Waals surface area contributed by atoms with Crippen molar-refractivity contribution < 1.29 is 78.2 Å². The average molecular weight is 1010 g/mol. The number of carboxylic acids is 1. The van der Waals surface area contributed by atoms with Gasteiger partial charge in [0.2, 0.25) is 41.4 Å². The number of amides is 9. The van der Waals surface area contributed by atoms with E-state index < -0.39 is 151 Å². The van der Waals surface area contributed by atoms with E-state index in [0.29, 0.717) is 4.90 Å². The molecule has 0 aromatic heterocycles. The monoisotopic (exact) mass is 1000 g/mol. The zero-order valence-electron chi connectivity index (χ0n) is 41.4. The maximum atomic E-state index is 14.4. The molecule has 0 heterocycles. The van der Waals surface area contributed by atoms with Crippen LogP contribution in [0.4, 0.5) is 4.79 Å². The molecule has 0 aliphatic rings. The van der Waals surface area contributed by atoms with Gasteiger partial charge in [0.15, 0.2) is 18.1 Å². The summed E-state index contributed by atoms with van der Waals surface area (Å²) in [5.74, 6) is -14.2. The van der Waals surface area contributed by atoms with Crippen LogP contribution in [0.2, 0.25) is 0 Å². The first-order valence-electron chi connectivity index (χ1n) is 22.5. The highest BCUT2D eigenvalue weighted by Gasteiger charge is 2.44. The second-order valence-corrected chi connectivity index (χ2v) is 18.4. The molecule has 0 aromatic carbocycles. The number of carbonyl (C=O) groups is 10. The topological polar surface area (TPSA) is 478 Å². The van der Waals surface area contributed by atoms with Gasteiger partial charge >= 0.3 is 12.1 Å². The van der Waals surface area contributed by atoms with Crippen molar-refractivity contribution in [2.24, 2.45) is 51.4 Å². The van der Waals surface area contributed by atoms with E-state index in [-0.39, 0.29) is 49.0 Å². The highest BCUT2D eigenvalue weighted by Crippen LogP contribution is 2.21. The quantitative estimate of drug-likeness (QED) is 0.0198. The van der Waals surface area contributed by atoms with E-state index in [4.69, 9.17) is 33.4 Å². The summed E-state index contributed by atoms with van der Waals surface area (Å²) < 4.78 is 5.50. The van der Waals surface area contributed by atoms with Gasteiger partial charge in [-0.05, 0) is 64.7 Å². The van der Waals surface area contributed by atoms with Crippen molar-refractivity contribution in [2.45, 2.75) is 161 Å². The largest absolute Gasteiger partial charge is 0.480 e. The predicted octanol–water partition coefficient (Wildman–Crippen LogP) is -5.47. The normalized spacial score (nSPS) is 16.3. The van der Waals surface area contributed by atoms with Gasteiger partial charge in [0.05, 0.1) is 25.4 Å². The second-order valence-electron chi connectivity index (χ2n) is 18.4. The highest BCUT2D eigenvalue weighted by molar-refractivity contribution is 6.05. The highest BCUT2D eigenvalue weighted by atomic mass is 16.6. The molecule has 11 atom stereocenters. The van der Waals surface area contributed by atoms with Gasteiger partial charge in [-0.25, -0.2) is 14.5 Å². The molecule has 0 aromatic rings. The Labute approximate surface area is 406 Å². The number of carboxylic acid groups (broad SMARTS) is 1. The Kier molecular flexibility index (Phi) is 26.7. The molecule has 0 bridgehead atoms. The molecule has 0 spiro atoms. The lowest BCUT2D eigenvalue weighted by Gasteiger charge is -2.35. The Bertz CT molecular complexity index is 1870. The number of ether oxygens (including phenoxy) is 1. The van der Waals surface area contributed by atoms with Gasteiger partial charge in [-0.15, -0.1) is 0 Å². The molecule has 0 rings (SSSR count). The number of primary amides is 1. The molecular formula is C42H76N12O16. The van der Waals surface area contributed by atoms with E-state index >= 15 is 0 Å². The molecule has 0 radical (unpaired) electrons. The summed E-state index contributed by atoms with van der Waals surface area (Å²) in [7, 11) is 0. The third kappa shape index (κ3) is 20.1. The number of nitrogens with one attached hydrogen (secondary N) is 4. The third-order valence-electron chi connectivity index (χ3n) is 10.5. The van der Waals surface area contributed by atoms with E-state index in [1.165, 1.54) is 27.7 Å². The molecule has 9 amide bonds. The Balaban J connectivity index is 7.04. The molecule has 0 aliphatic heterocycles.